The van der Waals surface area contributed by atoms with Crippen LogP contribution in [0.5, 0.6) is 0 Å². The molecule has 12 heteroatoms. The molecule has 4 saturated carbocycles. The summed E-state index contributed by atoms with van der Waals surface area (Å²) in [6.45, 7) is 11.0. The van der Waals surface area contributed by atoms with Crippen LogP contribution in [0, 0.1) is 50.2 Å². The van der Waals surface area contributed by atoms with E-state index in [1.165, 1.54) is 0 Å². The first kappa shape index (κ1) is 36.6. The lowest BCUT2D eigenvalue weighted by Crippen LogP contribution is -2.72. The summed E-state index contributed by atoms with van der Waals surface area (Å²) in [5, 5.41) is 98.0. The Labute approximate surface area is 282 Å². The Kier molecular flexibility index (Phi) is 8.89. The topological polar surface area (TPSA) is 218 Å². The van der Waals surface area contributed by atoms with E-state index in [1.54, 1.807) is 6.92 Å². The molecule has 12 nitrogen and oxygen atoms in total. The Morgan fingerprint density at radius 2 is 1.48 bits per heavy atom. The zero-order valence-electron chi connectivity index (χ0n) is 29.1. The van der Waals surface area contributed by atoms with Crippen molar-refractivity contribution in [3.63, 3.8) is 0 Å². The molecule has 5 aliphatic carbocycles. The molecule has 0 aromatic carbocycles. The van der Waals surface area contributed by atoms with E-state index in [0.29, 0.717) is 38.5 Å². The maximum atomic E-state index is 14.4. The molecule has 274 valence electrons. The number of rotatable bonds is 4. The van der Waals surface area contributed by atoms with Crippen LogP contribution in [-0.2, 0) is 14.3 Å². The van der Waals surface area contributed by atoms with Crippen molar-refractivity contribution >= 4 is 5.97 Å². The van der Waals surface area contributed by atoms with Crippen LogP contribution in [0.1, 0.15) is 86.5 Å². The highest BCUT2D eigenvalue weighted by molar-refractivity contribution is 5.79. The van der Waals surface area contributed by atoms with E-state index < -0.39 is 112 Å². The van der Waals surface area contributed by atoms with E-state index in [4.69, 9.17) is 9.47 Å². The molecule has 48 heavy (non-hydrogen) atoms. The van der Waals surface area contributed by atoms with Gasteiger partial charge >= 0.3 is 5.97 Å². The van der Waals surface area contributed by atoms with Gasteiger partial charge in [-0.25, -0.2) is 0 Å². The Morgan fingerprint density at radius 3 is 2.10 bits per heavy atom. The summed E-state index contributed by atoms with van der Waals surface area (Å²) in [6.07, 6.45) is -6.92. The lowest BCUT2D eigenvalue weighted by Gasteiger charge is -2.72. The highest BCUT2D eigenvalue weighted by Crippen LogP contribution is 2.75. The van der Waals surface area contributed by atoms with Crippen molar-refractivity contribution in [2.24, 2.45) is 50.2 Å². The van der Waals surface area contributed by atoms with Crippen molar-refractivity contribution in [3.8, 4) is 0 Å². The van der Waals surface area contributed by atoms with E-state index >= 15 is 0 Å². The molecule has 0 aromatic rings. The summed E-state index contributed by atoms with van der Waals surface area (Å²) in [7, 11) is 0. The van der Waals surface area contributed by atoms with Crippen molar-refractivity contribution < 1.29 is 60.2 Å². The van der Waals surface area contributed by atoms with Gasteiger partial charge in [0, 0.05) is 17.3 Å². The Hall–Kier alpha value is -1.19. The normalized spacial score (nSPS) is 56.1. The van der Waals surface area contributed by atoms with Gasteiger partial charge in [-0.2, -0.15) is 0 Å². The number of esters is 1. The number of carbonyl (C=O) groups is 1. The second-order valence-corrected chi connectivity index (χ2v) is 18.0. The molecule has 0 amide bonds. The minimum absolute atomic E-state index is 0.0533. The highest BCUT2D eigenvalue weighted by Gasteiger charge is 2.73. The number of aliphatic hydroxyl groups is 9. The molecule has 1 heterocycles. The molecule has 0 radical (unpaired) electrons. The van der Waals surface area contributed by atoms with Crippen LogP contribution in [0.3, 0.4) is 0 Å². The summed E-state index contributed by atoms with van der Waals surface area (Å²) in [5.41, 5.74) is -3.71. The van der Waals surface area contributed by atoms with Gasteiger partial charge in [-0.15, -0.1) is 0 Å². The third kappa shape index (κ3) is 4.66. The molecular weight excluding hydrogens is 624 g/mol. The largest absolute Gasteiger partial charge is 0.432 e. The van der Waals surface area contributed by atoms with Gasteiger partial charge in [-0.3, -0.25) is 4.79 Å². The van der Waals surface area contributed by atoms with Crippen molar-refractivity contribution in [2.75, 3.05) is 13.2 Å². The first-order valence-corrected chi connectivity index (χ1v) is 17.8. The van der Waals surface area contributed by atoms with Crippen LogP contribution in [0.25, 0.3) is 0 Å². The summed E-state index contributed by atoms with van der Waals surface area (Å²) in [5.74, 6) is -1.87. The van der Waals surface area contributed by atoms with Gasteiger partial charge in [0.25, 0.3) is 0 Å². The van der Waals surface area contributed by atoms with E-state index in [2.05, 4.69) is 26.8 Å². The lowest BCUT2D eigenvalue weighted by atomic mass is 9.32. The second-order valence-electron chi connectivity index (χ2n) is 18.0. The quantitative estimate of drug-likeness (QED) is 0.145. The summed E-state index contributed by atoms with van der Waals surface area (Å²) in [6, 6.07) is 0. The fraction of sp³-hybridized carbons (Fsp3) is 0.917. The zero-order valence-corrected chi connectivity index (χ0v) is 29.1. The van der Waals surface area contributed by atoms with E-state index in [0.717, 1.165) is 5.57 Å². The van der Waals surface area contributed by atoms with Crippen LogP contribution < -0.4 is 0 Å². The number of fused-ring (bicyclic) bond motifs is 7. The Balaban J connectivity index is 1.41. The molecule has 1 aliphatic heterocycles. The van der Waals surface area contributed by atoms with Gasteiger partial charge in [0.2, 0.25) is 6.29 Å². The Morgan fingerprint density at radius 1 is 0.833 bits per heavy atom. The predicted molar refractivity (Wildman–Crippen MR) is 170 cm³/mol. The smallest absolute Gasteiger partial charge is 0.315 e. The van der Waals surface area contributed by atoms with Crippen molar-refractivity contribution in [1.29, 1.82) is 0 Å². The average molecular weight is 683 g/mol. The summed E-state index contributed by atoms with van der Waals surface area (Å²) >= 11 is 0. The standard InChI is InChI=1S/C36H58O12/c1-31(2)9-11-36(30(46)48-29-25(43)24(42)23(41)20(15-37)47-29)12-10-34(5)17(22(36)28(31)45)7-8-21-32(3)13-19(40)27(44)33(4,16-38)26(32)18(39)14-35(21,34)6/h7,18-29,37-45H,8-16H2,1-6H3/t18-,19-,20-,21-,22-,23-,24+,25-,26+,27+,28+,29+,32-,33+,34-,35-,36+/m1/s1. The maximum Gasteiger partial charge on any atom is 0.315 e. The van der Waals surface area contributed by atoms with Gasteiger partial charge in [-0.05, 0) is 72.5 Å². The first-order chi connectivity index (χ1) is 22.2. The third-order valence-electron chi connectivity index (χ3n) is 15.3. The minimum atomic E-state index is -1.75. The van der Waals surface area contributed by atoms with Gasteiger partial charge in [0.1, 0.15) is 24.4 Å². The van der Waals surface area contributed by atoms with Crippen molar-refractivity contribution in [3.05, 3.63) is 11.6 Å². The number of hydrogen-bond acceptors (Lipinski definition) is 12. The molecule has 0 unspecified atom stereocenters. The number of hydrogen-bond donors (Lipinski definition) is 9. The predicted octanol–water partition coefficient (Wildman–Crippen LogP) is 0.377. The van der Waals surface area contributed by atoms with E-state index in [9.17, 15) is 50.8 Å². The molecule has 0 spiro atoms. The number of allylic oxidation sites excluding steroid dienone is 1. The molecule has 9 N–H and O–H groups in total. The molecule has 5 fully saturated rings. The van der Waals surface area contributed by atoms with Crippen LogP contribution in [0.15, 0.2) is 11.6 Å². The first-order valence-electron chi connectivity index (χ1n) is 17.8. The SMILES string of the molecule is CC1(C)CC[C@]2(C(=O)O[C@@H]3O[C@H](CO)[C@@H](O)[C@H](O)[C@H]3O)CC[C@]3(C)C(=CC[C@@H]4[C@@]5(C)C[C@@H](O)[C@H](O)[C@@](C)(CO)[C@H]5[C@H](O)C[C@]43C)[C@@H]2[C@@H]1O. The minimum Gasteiger partial charge on any atom is -0.432 e. The van der Waals surface area contributed by atoms with Gasteiger partial charge in [-0.1, -0.05) is 53.2 Å². The van der Waals surface area contributed by atoms with Crippen LogP contribution >= 0.6 is 0 Å². The van der Waals surface area contributed by atoms with Crippen LogP contribution in [-0.4, -0.2) is 120 Å². The van der Waals surface area contributed by atoms with Gasteiger partial charge < -0.3 is 55.4 Å². The van der Waals surface area contributed by atoms with Crippen LogP contribution in [0.2, 0.25) is 0 Å². The van der Waals surface area contributed by atoms with Crippen molar-refractivity contribution in [2.45, 2.75) is 142 Å². The van der Waals surface area contributed by atoms with E-state index in [1.807, 2.05) is 13.8 Å². The third-order valence-corrected chi connectivity index (χ3v) is 15.3. The molecule has 6 aliphatic rings. The van der Waals surface area contributed by atoms with Crippen molar-refractivity contribution in [1.82, 2.24) is 0 Å². The number of carbonyl (C=O) groups excluding carboxylic acids is 1. The number of ether oxygens (including phenoxy) is 2. The second kappa shape index (κ2) is 11.7. The summed E-state index contributed by atoms with van der Waals surface area (Å²) in [4.78, 5) is 14.4. The maximum absolute atomic E-state index is 14.4. The Bertz CT molecular complexity index is 1300. The number of aliphatic hydroxyl groups excluding tert-OH is 9. The lowest BCUT2D eigenvalue weighted by molar-refractivity contribution is -0.299. The average Bonchev–Trinajstić information content (AvgIpc) is 3.02. The fourth-order valence-electron chi connectivity index (χ4n) is 12.3. The fourth-order valence-corrected chi connectivity index (χ4v) is 12.3. The summed E-state index contributed by atoms with van der Waals surface area (Å²) < 4.78 is 11.4. The van der Waals surface area contributed by atoms with E-state index in [-0.39, 0.29) is 18.9 Å². The zero-order chi connectivity index (χ0) is 35.6. The van der Waals surface area contributed by atoms with Crippen LogP contribution in [0.4, 0.5) is 0 Å². The monoisotopic (exact) mass is 682 g/mol. The molecule has 17 atom stereocenters. The van der Waals surface area contributed by atoms with Gasteiger partial charge in [0.15, 0.2) is 0 Å². The molecule has 0 bridgehead atoms. The highest BCUT2D eigenvalue weighted by atomic mass is 16.7. The molecular formula is C36H58O12. The molecule has 1 saturated heterocycles. The molecule has 0 aromatic heterocycles. The molecule has 6 rings (SSSR count). The van der Waals surface area contributed by atoms with Gasteiger partial charge in [0.05, 0.1) is 43.0 Å².